The van der Waals surface area contributed by atoms with Crippen LogP contribution < -0.4 is 15.5 Å². The van der Waals surface area contributed by atoms with Gasteiger partial charge in [-0.1, -0.05) is 31.2 Å². The zero-order valence-electron chi connectivity index (χ0n) is 15.4. The molecule has 1 saturated heterocycles. The lowest BCUT2D eigenvalue weighted by atomic mass is 9.92. The largest absolute Gasteiger partial charge is 0.497 e. The highest BCUT2D eigenvalue weighted by Gasteiger charge is 2.50. The Morgan fingerprint density at radius 3 is 2.30 bits per heavy atom. The summed E-state index contributed by atoms with van der Waals surface area (Å²) in [7, 11) is 1.55. The molecule has 0 aliphatic carbocycles. The lowest BCUT2D eigenvalue weighted by Gasteiger charge is -2.22. The lowest BCUT2D eigenvalue weighted by Crippen LogP contribution is -2.47. The third-order valence-corrected chi connectivity index (χ3v) is 4.70. The number of nitrogens with one attached hydrogen (secondary N) is 2. The molecule has 2 N–H and O–H groups in total. The van der Waals surface area contributed by atoms with E-state index in [9.17, 15) is 14.4 Å². The first-order valence-electron chi connectivity index (χ1n) is 8.60. The number of hydrogen-bond acceptors (Lipinski definition) is 4. The van der Waals surface area contributed by atoms with E-state index in [2.05, 4.69) is 10.7 Å². The van der Waals surface area contributed by atoms with Crippen molar-refractivity contribution in [3.8, 4) is 5.75 Å². The van der Waals surface area contributed by atoms with E-state index in [1.54, 1.807) is 50.4 Å². The van der Waals surface area contributed by atoms with E-state index in [0.29, 0.717) is 16.9 Å². The molecule has 27 heavy (non-hydrogen) atoms. The summed E-state index contributed by atoms with van der Waals surface area (Å²) in [5.41, 5.74) is 3.16. The Morgan fingerprint density at radius 1 is 1.11 bits per heavy atom. The minimum atomic E-state index is -1.28. The monoisotopic (exact) mass is 367 g/mol. The minimum Gasteiger partial charge on any atom is -0.497 e. The second-order valence-corrected chi connectivity index (χ2v) is 6.42. The van der Waals surface area contributed by atoms with Gasteiger partial charge < -0.3 is 10.1 Å². The quantitative estimate of drug-likeness (QED) is 0.794. The average Bonchev–Trinajstić information content (AvgIpc) is 2.92. The molecule has 0 saturated carbocycles. The first-order chi connectivity index (χ1) is 12.9. The topological polar surface area (TPSA) is 87.7 Å². The van der Waals surface area contributed by atoms with E-state index in [4.69, 9.17) is 4.74 Å². The summed E-state index contributed by atoms with van der Waals surface area (Å²) in [6.07, 6.45) is 0.856. The molecular formula is C20H21N3O4. The fourth-order valence-electron chi connectivity index (χ4n) is 2.92. The smallest absolute Gasteiger partial charge is 0.344 e. The standard InChI is InChI=1S/C20H21N3O4/c1-4-13-5-7-14(8-6-13)17(24)22-23-18(25)20(2,21-19(23)26)15-9-11-16(27-3)12-10-15/h5-12H,4H2,1-3H3,(H,21,26)(H,22,24)/t20-/m1/s1. The molecule has 0 radical (unpaired) electrons. The molecule has 0 unspecified atom stereocenters. The summed E-state index contributed by atoms with van der Waals surface area (Å²) >= 11 is 0. The zero-order chi connectivity index (χ0) is 19.6. The molecule has 3 rings (SSSR count). The van der Waals surface area contributed by atoms with Gasteiger partial charge in [-0.2, -0.15) is 5.01 Å². The van der Waals surface area contributed by atoms with E-state index >= 15 is 0 Å². The lowest BCUT2D eigenvalue weighted by molar-refractivity contribution is -0.132. The molecule has 1 aliphatic rings. The van der Waals surface area contributed by atoms with Crippen LogP contribution in [0.1, 0.15) is 35.3 Å². The van der Waals surface area contributed by atoms with Gasteiger partial charge in [-0.25, -0.2) is 4.79 Å². The number of hydrazine groups is 1. The predicted molar refractivity (Wildman–Crippen MR) is 99.0 cm³/mol. The Hall–Kier alpha value is -3.35. The maximum Gasteiger partial charge on any atom is 0.344 e. The number of imide groups is 1. The molecule has 0 aromatic heterocycles. The maximum absolute atomic E-state index is 12.9. The molecule has 7 heteroatoms. The third-order valence-electron chi connectivity index (χ3n) is 4.70. The first kappa shape index (κ1) is 18.4. The van der Waals surface area contributed by atoms with Crippen LogP contribution in [0.15, 0.2) is 48.5 Å². The summed E-state index contributed by atoms with van der Waals surface area (Å²) in [6, 6.07) is 13.1. The SMILES string of the molecule is CCc1ccc(C(=O)NN2C(=O)N[C@](C)(c3ccc(OC)cc3)C2=O)cc1. The number of ether oxygens (including phenoxy) is 1. The number of amides is 4. The molecule has 1 atom stereocenters. The fraction of sp³-hybridized carbons (Fsp3) is 0.250. The number of nitrogens with zero attached hydrogens (tertiary/aromatic N) is 1. The van der Waals surface area contributed by atoms with Crippen LogP contribution in [0.3, 0.4) is 0 Å². The van der Waals surface area contributed by atoms with Crippen molar-refractivity contribution in [2.75, 3.05) is 7.11 Å². The minimum absolute atomic E-state index is 0.367. The third kappa shape index (κ3) is 3.36. The van der Waals surface area contributed by atoms with E-state index in [-0.39, 0.29) is 0 Å². The number of aryl methyl sites for hydroxylation is 1. The molecule has 0 bridgehead atoms. The van der Waals surface area contributed by atoms with Crippen LogP contribution in [-0.2, 0) is 16.8 Å². The Balaban J connectivity index is 1.79. The highest BCUT2D eigenvalue weighted by molar-refractivity contribution is 6.09. The Bertz CT molecular complexity index is 877. The van der Waals surface area contributed by atoms with Crippen molar-refractivity contribution in [2.45, 2.75) is 25.8 Å². The Kier molecular flexibility index (Phi) is 4.85. The van der Waals surface area contributed by atoms with Crippen LogP contribution in [0.2, 0.25) is 0 Å². The second kappa shape index (κ2) is 7.11. The van der Waals surface area contributed by atoms with Gasteiger partial charge in [-0.3, -0.25) is 15.0 Å². The van der Waals surface area contributed by atoms with E-state index < -0.39 is 23.4 Å². The number of urea groups is 1. The van der Waals surface area contributed by atoms with Gasteiger partial charge >= 0.3 is 6.03 Å². The predicted octanol–water partition coefficient (Wildman–Crippen LogP) is 2.37. The van der Waals surface area contributed by atoms with Gasteiger partial charge in [0.15, 0.2) is 0 Å². The Morgan fingerprint density at radius 2 is 1.74 bits per heavy atom. The van der Waals surface area contributed by atoms with Crippen molar-refractivity contribution in [1.82, 2.24) is 15.8 Å². The van der Waals surface area contributed by atoms with Gasteiger partial charge in [-0.05, 0) is 48.7 Å². The summed E-state index contributed by atoms with van der Waals surface area (Å²) < 4.78 is 5.11. The van der Waals surface area contributed by atoms with Gasteiger partial charge in [0.1, 0.15) is 11.3 Å². The van der Waals surface area contributed by atoms with Gasteiger partial charge in [0.2, 0.25) is 0 Å². The summed E-state index contributed by atoms with van der Waals surface area (Å²) in [5, 5.41) is 3.36. The van der Waals surface area contributed by atoms with E-state index in [0.717, 1.165) is 17.0 Å². The summed E-state index contributed by atoms with van der Waals surface area (Å²) in [4.78, 5) is 37.6. The van der Waals surface area contributed by atoms with Crippen molar-refractivity contribution in [3.05, 3.63) is 65.2 Å². The van der Waals surface area contributed by atoms with Crippen molar-refractivity contribution in [2.24, 2.45) is 0 Å². The van der Waals surface area contributed by atoms with Gasteiger partial charge in [0.25, 0.3) is 11.8 Å². The van der Waals surface area contributed by atoms with E-state index in [1.807, 2.05) is 19.1 Å². The number of carbonyl (C=O) groups is 3. The zero-order valence-corrected chi connectivity index (χ0v) is 15.4. The molecule has 140 valence electrons. The molecule has 2 aromatic carbocycles. The van der Waals surface area contributed by atoms with Crippen LogP contribution in [0, 0.1) is 0 Å². The number of hydrogen-bond donors (Lipinski definition) is 2. The average molecular weight is 367 g/mol. The molecule has 1 fully saturated rings. The molecule has 4 amide bonds. The fourth-order valence-corrected chi connectivity index (χ4v) is 2.92. The van der Waals surface area contributed by atoms with E-state index in [1.165, 1.54) is 0 Å². The number of rotatable bonds is 5. The molecular weight excluding hydrogens is 346 g/mol. The van der Waals surface area contributed by atoms with Crippen molar-refractivity contribution in [3.63, 3.8) is 0 Å². The number of carbonyl (C=O) groups excluding carboxylic acids is 3. The maximum atomic E-state index is 12.9. The van der Waals surface area contributed by atoms with Crippen molar-refractivity contribution >= 4 is 17.8 Å². The van der Waals surface area contributed by atoms with Crippen molar-refractivity contribution < 1.29 is 19.1 Å². The number of benzene rings is 2. The summed E-state index contributed by atoms with van der Waals surface area (Å²) in [5.74, 6) is -0.448. The van der Waals surface area contributed by atoms with Crippen LogP contribution in [0.5, 0.6) is 5.75 Å². The second-order valence-electron chi connectivity index (χ2n) is 6.42. The molecule has 1 heterocycles. The molecule has 2 aromatic rings. The summed E-state index contributed by atoms with van der Waals surface area (Å²) in [6.45, 7) is 3.61. The van der Waals surface area contributed by atoms with Gasteiger partial charge in [0.05, 0.1) is 7.11 Å². The number of methoxy groups -OCH3 is 1. The van der Waals surface area contributed by atoms with Crippen LogP contribution in [-0.4, -0.2) is 30.0 Å². The molecule has 1 aliphatic heterocycles. The van der Waals surface area contributed by atoms with Crippen LogP contribution >= 0.6 is 0 Å². The first-order valence-corrected chi connectivity index (χ1v) is 8.60. The Labute approximate surface area is 157 Å². The highest BCUT2D eigenvalue weighted by Crippen LogP contribution is 2.29. The van der Waals surface area contributed by atoms with Gasteiger partial charge in [-0.15, -0.1) is 0 Å². The highest BCUT2D eigenvalue weighted by atomic mass is 16.5. The molecule has 0 spiro atoms. The molecule has 7 nitrogen and oxygen atoms in total. The van der Waals surface area contributed by atoms with Crippen LogP contribution in [0.4, 0.5) is 4.79 Å². The van der Waals surface area contributed by atoms with Gasteiger partial charge in [0, 0.05) is 5.56 Å². The normalized spacial score (nSPS) is 19.0. The van der Waals surface area contributed by atoms with Crippen LogP contribution in [0.25, 0.3) is 0 Å². The van der Waals surface area contributed by atoms with Crippen molar-refractivity contribution in [1.29, 1.82) is 0 Å².